The Bertz CT molecular complexity index is 366. The Kier molecular flexibility index (Phi) is 7.02. The molecule has 0 aliphatic carbocycles. The van der Waals surface area contributed by atoms with Crippen LogP contribution in [0.1, 0.15) is 33.2 Å². The molecular weight excluding hydrogens is 252 g/mol. The predicted molar refractivity (Wildman–Crippen MR) is 84.2 cm³/mol. The summed E-state index contributed by atoms with van der Waals surface area (Å²) in [5, 5.41) is 3.58. The highest BCUT2D eigenvalue weighted by Crippen LogP contribution is 2.17. The largest absolute Gasteiger partial charge is 0.383 e. The van der Waals surface area contributed by atoms with Crippen molar-refractivity contribution in [2.75, 3.05) is 39.7 Å². The van der Waals surface area contributed by atoms with Crippen molar-refractivity contribution in [1.29, 1.82) is 0 Å². The fourth-order valence-corrected chi connectivity index (χ4v) is 2.47. The molecule has 0 spiro atoms. The summed E-state index contributed by atoms with van der Waals surface area (Å²) < 4.78 is 7.38. The standard InChI is InChI=1S/C15H30N4O/c1-12(2)9-14(10-18(4)5)17-15-16-7-8-19(15)13(3)11-20-6/h7-8,12-14H,9-11H2,1-6H3,(H,16,17). The summed E-state index contributed by atoms with van der Waals surface area (Å²) in [4.78, 5) is 6.67. The Labute approximate surface area is 123 Å². The minimum Gasteiger partial charge on any atom is -0.383 e. The van der Waals surface area contributed by atoms with E-state index in [1.807, 2.05) is 12.4 Å². The van der Waals surface area contributed by atoms with E-state index in [0.29, 0.717) is 18.6 Å². The summed E-state index contributed by atoms with van der Waals surface area (Å²) in [6.45, 7) is 8.34. The van der Waals surface area contributed by atoms with E-state index in [4.69, 9.17) is 4.74 Å². The number of imidazole rings is 1. The van der Waals surface area contributed by atoms with Crippen molar-refractivity contribution >= 4 is 5.95 Å². The van der Waals surface area contributed by atoms with Gasteiger partial charge in [-0.05, 0) is 33.4 Å². The summed E-state index contributed by atoms with van der Waals surface area (Å²) in [5.74, 6) is 1.59. The number of hydrogen-bond acceptors (Lipinski definition) is 4. The predicted octanol–water partition coefficient (Wildman–Crippen LogP) is 2.48. The van der Waals surface area contributed by atoms with Crippen LogP contribution in [-0.2, 0) is 4.74 Å². The van der Waals surface area contributed by atoms with Crippen molar-refractivity contribution in [3.8, 4) is 0 Å². The van der Waals surface area contributed by atoms with Crippen LogP contribution in [0.4, 0.5) is 5.95 Å². The molecule has 0 amide bonds. The second-order valence-corrected chi connectivity index (χ2v) is 6.20. The van der Waals surface area contributed by atoms with Gasteiger partial charge in [-0.15, -0.1) is 0 Å². The maximum atomic E-state index is 5.23. The fourth-order valence-electron chi connectivity index (χ4n) is 2.47. The highest BCUT2D eigenvalue weighted by Gasteiger charge is 2.16. The van der Waals surface area contributed by atoms with Crippen molar-refractivity contribution in [2.45, 2.75) is 39.3 Å². The Hall–Kier alpha value is -1.07. The average Bonchev–Trinajstić information content (AvgIpc) is 2.75. The van der Waals surface area contributed by atoms with E-state index in [9.17, 15) is 0 Å². The molecule has 116 valence electrons. The second kappa shape index (κ2) is 8.27. The van der Waals surface area contributed by atoms with Crippen LogP contribution in [0.25, 0.3) is 0 Å². The molecule has 0 radical (unpaired) electrons. The van der Waals surface area contributed by atoms with Gasteiger partial charge in [-0.3, -0.25) is 0 Å². The van der Waals surface area contributed by atoms with Gasteiger partial charge in [0.1, 0.15) is 0 Å². The Morgan fingerprint density at radius 1 is 1.35 bits per heavy atom. The molecule has 1 aromatic heterocycles. The first-order valence-corrected chi connectivity index (χ1v) is 7.37. The maximum Gasteiger partial charge on any atom is 0.203 e. The van der Waals surface area contributed by atoms with Crippen LogP contribution in [0.15, 0.2) is 12.4 Å². The van der Waals surface area contributed by atoms with Gasteiger partial charge in [0, 0.05) is 32.1 Å². The lowest BCUT2D eigenvalue weighted by Crippen LogP contribution is -2.34. The smallest absolute Gasteiger partial charge is 0.203 e. The number of nitrogens with zero attached hydrogens (tertiary/aromatic N) is 3. The topological polar surface area (TPSA) is 42.3 Å². The Balaban J connectivity index is 2.75. The van der Waals surface area contributed by atoms with Crippen molar-refractivity contribution in [2.24, 2.45) is 5.92 Å². The number of nitrogens with one attached hydrogen (secondary N) is 1. The zero-order valence-electron chi connectivity index (χ0n) is 13.8. The zero-order valence-corrected chi connectivity index (χ0v) is 13.8. The first kappa shape index (κ1) is 17.0. The van der Waals surface area contributed by atoms with E-state index in [1.165, 1.54) is 0 Å². The van der Waals surface area contributed by atoms with Crippen LogP contribution in [0.3, 0.4) is 0 Å². The van der Waals surface area contributed by atoms with Gasteiger partial charge in [0.25, 0.3) is 0 Å². The molecule has 0 saturated heterocycles. The number of rotatable bonds is 9. The van der Waals surface area contributed by atoms with Gasteiger partial charge >= 0.3 is 0 Å². The van der Waals surface area contributed by atoms with Crippen LogP contribution in [-0.4, -0.2) is 54.8 Å². The van der Waals surface area contributed by atoms with E-state index in [0.717, 1.165) is 18.9 Å². The number of anilines is 1. The highest BCUT2D eigenvalue weighted by atomic mass is 16.5. The van der Waals surface area contributed by atoms with Crippen molar-refractivity contribution in [1.82, 2.24) is 14.5 Å². The molecule has 1 aromatic rings. The zero-order chi connectivity index (χ0) is 15.1. The van der Waals surface area contributed by atoms with Crippen molar-refractivity contribution in [3.63, 3.8) is 0 Å². The van der Waals surface area contributed by atoms with Crippen LogP contribution in [0.5, 0.6) is 0 Å². The van der Waals surface area contributed by atoms with Gasteiger partial charge in [0.05, 0.1) is 12.6 Å². The van der Waals surface area contributed by atoms with Gasteiger partial charge in [0.15, 0.2) is 0 Å². The van der Waals surface area contributed by atoms with Crippen LogP contribution >= 0.6 is 0 Å². The lowest BCUT2D eigenvalue weighted by Gasteiger charge is -2.26. The van der Waals surface area contributed by atoms with E-state index >= 15 is 0 Å². The molecule has 0 aromatic carbocycles. The Morgan fingerprint density at radius 2 is 2.05 bits per heavy atom. The molecule has 2 atom stereocenters. The third-order valence-corrected chi connectivity index (χ3v) is 3.23. The molecule has 1 rings (SSSR count). The maximum absolute atomic E-state index is 5.23. The molecule has 0 saturated carbocycles. The van der Waals surface area contributed by atoms with Crippen LogP contribution in [0.2, 0.25) is 0 Å². The molecule has 5 nitrogen and oxygen atoms in total. The molecule has 1 heterocycles. The quantitative estimate of drug-likeness (QED) is 0.755. The molecule has 2 unspecified atom stereocenters. The van der Waals surface area contributed by atoms with Gasteiger partial charge in [-0.25, -0.2) is 4.98 Å². The second-order valence-electron chi connectivity index (χ2n) is 6.20. The van der Waals surface area contributed by atoms with Gasteiger partial charge in [-0.2, -0.15) is 0 Å². The third-order valence-electron chi connectivity index (χ3n) is 3.23. The lowest BCUT2D eigenvalue weighted by molar-refractivity contribution is 0.163. The van der Waals surface area contributed by atoms with E-state index in [1.54, 1.807) is 7.11 Å². The van der Waals surface area contributed by atoms with E-state index < -0.39 is 0 Å². The lowest BCUT2D eigenvalue weighted by atomic mass is 10.0. The van der Waals surface area contributed by atoms with Crippen LogP contribution < -0.4 is 5.32 Å². The summed E-state index contributed by atoms with van der Waals surface area (Å²) in [6, 6.07) is 0.685. The first-order chi connectivity index (χ1) is 9.43. The summed E-state index contributed by atoms with van der Waals surface area (Å²) in [6.07, 6.45) is 4.98. The number of likely N-dealkylation sites (N-methyl/N-ethyl adjacent to an activating group) is 1. The molecule has 0 bridgehead atoms. The monoisotopic (exact) mass is 282 g/mol. The molecular formula is C15H30N4O. The summed E-state index contributed by atoms with van der Waals surface area (Å²) in [5.41, 5.74) is 0. The van der Waals surface area contributed by atoms with Crippen molar-refractivity contribution < 1.29 is 4.74 Å². The van der Waals surface area contributed by atoms with E-state index in [-0.39, 0.29) is 6.04 Å². The third kappa shape index (κ3) is 5.51. The minimum absolute atomic E-state index is 0.282. The molecule has 0 aliphatic heterocycles. The van der Waals surface area contributed by atoms with E-state index in [2.05, 4.69) is 54.6 Å². The molecule has 0 fully saturated rings. The number of hydrogen-bond donors (Lipinski definition) is 1. The average molecular weight is 282 g/mol. The minimum atomic E-state index is 0.282. The molecule has 5 heteroatoms. The van der Waals surface area contributed by atoms with Gasteiger partial charge < -0.3 is 19.5 Å². The van der Waals surface area contributed by atoms with Crippen LogP contribution in [0, 0.1) is 5.92 Å². The van der Waals surface area contributed by atoms with Gasteiger partial charge in [0.2, 0.25) is 5.95 Å². The fraction of sp³-hybridized carbons (Fsp3) is 0.800. The summed E-state index contributed by atoms with van der Waals surface area (Å²) in [7, 11) is 5.94. The highest BCUT2D eigenvalue weighted by molar-refractivity contribution is 5.28. The first-order valence-electron chi connectivity index (χ1n) is 7.37. The SMILES string of the molecule is COCC(C)n1ccnc1NC(CC(C)C)CN(C)C. The molecule has 0 aliphatic rings. The number of ether oxygens (including phenoxy) is 1. The Morgan fingerprint density at radius 3 is 2.60 bits per heavy atom. The summed E-state index contributed by atoms with van der Waals surface area (Å²) >= 11 is 0. The molecule has 1 N–H and O–H groups in total. The number of aromatic nitrogens is 2. The number of methoxy groups -OCH3 is 1. The van der Waals surface area contributed by atoms with Crippen molar-refractivity contribution in [3.05, 3.63) is 12.4 Å². The molecule has 20 heavy (non-hydrogen) atoms. The van der Waals surface area contributed by atoms with Gasteiger partial charge in [-0.1, -0.05) is 13.8 Å². The normalized spacial score (nSPS) is 14.8.